The summed E-state index contributed by atoms with van der Waals surface area (Å²) < 4.78 is 90.8. The third kappa shape index (κ3) is 8.21. The van der Waals surface area contributed by atoms with E-state index in [0.29, 0.717) is 19.8 Å². The van der Waals surface area contributed by atoms with Crippen molar-refractivity contribution in [2.75, 3.05) is 12.4 Å². The molecule has 0 aliphatic heterocycles. The Morgan fingerprint density at radius 2 is 1.75 bits per heavy atom. The first-order valence-electron chi connectivity index (χ1n) is 12.7. The fraction of sp³-hybridized carbons (Fsp3) is 0.500. The van der Waals surface area contributed by atoms with Crippen LogP contribution in [-0.2, 0) is 21.4 Å². The number of amides is 1. The average Bonchev–Trinajstić information content (AvgIpc) is 2.91. The van der Waals surface area contributed by atoms with Crippen molar-refractivity contribution in [3.05, 3.63) is 53.8 Å². The lowest BCUT2D eigenvalue weighted by Crippen LogP contribution is -2.51. The normalized spacial score (nSPS) is 17.0. The van der Waals surface area contributed by atoms with E-state index in [0.717, 1.165) is 44.1 Å². The molecule has 0 bridgehead atoms. The molecule has 40 heavy (non-hydrogen) atoms. The molecule has 0 unspecified atom stereocenters. The number of aliphatic hydroxyl groups is 1. The van der Waals surface area contributed by atoms with E-state index in [1.54, 1.807) is 24.3 Å². The van der Waals surface area contributed by atoms with Gasteiger partial charge in [-0.05, 0) is 43.4 Å². The zero-order valence-electron chi connectivity index (χ0n) is 22.0. The number of alkyl halides is 3. The fourth-order valence-electron chi connectivity index (χ4n) is 4.51. The second kappa shape index (κ2) is 13.5. The quantitative estimate of drug-likeness (QED) is 0.221. The number of anilines is 1. The van der Waals surface area contributed by atoms with Crippen molar-refractivity contribution in [1.29, 1.82) is 0 Å². The molecule has 0 spiro atoms. The number of sulfonamides is 1. The van der Waals surface area contributed by atoms with Crippen molar-refractivity contribution in [1.82, 2.24) is 10.0 Å². The summed E-state index contributed by atoms with van der Waals surface area (Å²) in [5, 5.41) is 16.2. The van der Waals surface area contributed by atoms with E-state index in [1.165, 1.54) is 4.72 Å². The second-order valence-electron chi connectivity index (χ2n) is 9.56. The van der Waals surface area contributed by atoms with Crippen molar-refractivity contribution in [3.8, 4) is 5.75 Å². The summed E-state index contributed by atoms with van der Waals surface area (Å²) in [4.78, 5) is 11.7. The van der Waals surface area contributed by atoms with Gasteiger partial charge in [0.1, 0.15) is 23.8 Å². The van der Waals surface area contributed by atoms with Crippen LogP contribution in [0.2, 0.25) is 0 Å². The molecule has 1 aliphatic rings. The zero-order chi connectivity index (χ0) is 29.5. The number of alkyl carbamates (subject to hydrolysis) is 1. The predicted octanol–water partition coefficient (Wildman–Crippen LogP) is 4.67. The summed E-state index contributed by atoms with van der Waals surface area (Å²) >= 11 is 0. The molecule has 0 saturated heterocycles. The molecular formula is C26H33F4N3O6S. The van der Waals surface area contributed by atoms with Gasteiger partial charge in [0.15, 0.2) is 11.6 Å². The van der Waals surface area contributed by atoms with Gasteiger partial charge in [-0.1, -0.05) is 49.6 Å². The molecule has 4 N–H and O–H groups in total. The smallest absolute Gasteiger partial charge is 0.407 e. The largest absolute Gasteiger partial charge is 0.492 e. The first-order valence-corrected chi connectivity index (χ1v) is 14.2. The minimum absolute atomic E-state index is 0.00363. The summed E-state index contributed by atoms with van der Waals surface area (Å²) in [6.45, 7) is 0.603. The fourth-order valence-corrected chi connectivity index (χ4v) is 5.90. The van der Waals surface area contributed by atoms with Gasteiger partial charge in [0.05, 0.1) is 18.8 Å². The van der Waals surface area contributed by atoms with E-state index < -0.39 is 57.1 Å². The molecule has 0 heterocycles. The molecule has 0 aromatic heterocycles. The molecule has 2 aromatic carbocycles. The van der Waals surface area contributed by atoms with E-state index >= 15 is 4.39 Å². The Morgan fingerprint density at radius 1 is 1.10 bits per heavy atom. The summed E-state index contributed by atoms with van der Waals surface area (Å²) in [7, 11) is -3.87. The maximum Gasteiger partial charge on any atom is 0.407 e. The van der Waals surface area contributed by atoms with Crippen LogP contribution >= 0.6 is 0 Å². The van der Waals surface area contributed by atoms with Crippen molar-refractivity contribution >= 4 is 21.8 Å². The Hall–Kier alpha value is -3.10. The molecule has 1 saturated carbocycles. The monoisotopic (exact) mass is 591 g/mol. The van der Waals surface area contributed by atoms with Gasteiger partial charge >= 0.3 is 12.3 Å². The highest BCUT2D eigenvalue weighted by Crippen LogP contribution is 2.34. The van der Waals surface area contributed by atoms with Crippen LogP contribution in [0.4, 0.5) is 28.0 Å². The maximum atomic E-state index is 15.3. The standard InChI is InChI=1S/C26H33F4N3O6S/c1-16(26(28,29)30)33-40(36,37)20-14-13-19(21(27)23(20)38-2)31-24(34)22(18-11-7-4-8-12-18)32-25(35)39-15-17-9-5-3-6-10-17/h3,5-6,9-10,13-14,16,18,22,24,31,33-34H,4,7-8,11-12,15H2,1-2H3,(H,32,35)/t16-,22-,24-/m0/s1. The molecule has 3 rings (SSSR count). The molecule has 9 nitrogen and oxygen atoms in total. The first-order chi connectivity index (χ1) is 18.8. The molecule has 0 radical (unpaired) electrons. The summed E-state index contributed by atoms with van der Waals surface area (Å²) in [6, 6.07) is 7.45. The number of methoxy groups -OCH3 is 1. The highest BCUT2D eigenvalue weighted by atomic mass is 32.2. The molecule has 1 fully saturated rings. The minimum Gasteiger partial charge on any atom is -0.492 e. The Bertz CT molecular complexity index is 1240. The van der Waals surface area contributed by atoms with Gasteiger partial charge in [-0.3, -0.25) is 0 Å². The van der Waals surface area contributed by atoms with Crippen LogP contribution in [0.3, 0.4) is 0 Å². The average molecular weight is 592 g/mol. The molecule has 2 aromatic rings. The number of hydrogen-bond acceptors (Lipinski definition) is 7. The number of ether oxygens (including phenoxy) is 2. The van der Waals surface area contributed by atoms with Gasteiger partial charge in [0.25, 0.3) is 0 Å². The van der Waals surface area contributed by atoms with Crippen LogP contribution in [0.1, 0.15) is 44.6 Å². The minimum atomic E-state index is -4.87. The van der Waals surface area contributed by atoms with E-state index in [9.17, 15) is 31.5 Å². The Balaban J connectivity index is 1.79. The lowest BCUT2D eigenvalue weighted by molar-refractivity contribution is -0.147. The number of aliphatic hydroxyl groups excluding tert-OH is 1. The zero-order valence-corrected chi connectivity index (χ0v) is 22.8. The van der Waals surface area contributed by atoms with Crippen molar-refractivity contribution in [2.24, 2.45) is 5.92 Å². The van der Waals surface area contributed by atoms with Gasteiger partial charge in [-0.25, -0.2) is 17.6 Å². The molecule has 1 amide bonds. The Morgan fingerprint density at radius 3 is 2.35 bits per heavy atom. The van der Waals surface area contributed by atoms with Crippen LogP contribution in [0, 0.1) is 11.7 Å². The first kappa shape index (κ1) is 31.4. The second-order valence-corrected chi connectivity index (χ2v) is 11.2. The lowest BCUT2D eigenvalue weighted by atomic mass is 9.83. The summed E-state index contributed by atoms with van der Waals surface area (Å²) in [5.41, 5.74) is 0.376. The van der Waals surface area contributed by atoms with E-state index in [1.807, 2.05) is 6.07 Å². The molecular weight excluding hydrogens is 558 g/mol. The highest BCUT2D eigenvalue weighted by molar-refractivity contribution is 7.89. The van der Waals surface area contributed by atoms with Gasteiger partial charge in [-0.2, -0.15) is 17.9 Å². The van der Waals surface area contributed by atoms with Crippen molar-refractivity contribution in [3.63, 3.8) is 0 Å². The third-order valence-corrected chi connectivity index (χ3v) is 8.24. The van der Waals surface area contributed by atoms with E-state index in [-0.39, 0.29) is 18.2 Å². The van der Waals surface area contributed by atoms with Crippen LogP contribution in [-0.4, -0.2) is 51.2 Å². The van der Waals surface area contributed by atoms with E-state index in [4.69, 9.17) is 9.47 Å². The van der Waals surface area contributed by atoms with Gasteiger partial charge in [-0.15, -0.1) is 0 Å². The van der Waals surface area contributed by atoms with E-state index in [2.05, 4.69) is 10.6 Å². The molecule has 3 atom stereocenters. The Kier molecular flexibility index (Phi) is 10.6. The number of carbonyl (C=O) groups is 1. The summed E-state index contributed by atoms with van der Waals surface area (Å²) in [5.74, 6) is -2.26. The number of nitrogens with one attached hydrogen (secondary N) is 3. The predicted molar refractivity (Wildman–Crippen MR) is 139 cm³/mol. The van der Waals surface area contributed by atoms with Crippen LogP contribution in [0.15, 0.2) is 47.4 Å². The molecule has 1 aliphatic carbocycles. The van der Waals surface area contributed by atoms with Gasteiger partial charge < -0.3 is 25.2 Å². The maximum absolute atomic E-state index is 15.3. The van der Waals surface area contributed by atoms with Crippen molar-refractivity contribution < 1.29 is 45.4 Å². The highest BCUT2D eigenvalue weighted by Gasteiger charge is 2.40. The topological polar surface area (TPSA) is 126 Å². The van der Waals surface area contributed by atoms with Crippen LogP contribution in [0.25, 0.3) is 0 Å². The lowest BCUT2D eigenvalue weighted by Gasteiger charge is -2.34. The number of benzene rings is 2. The van der Waals surface area contributed by atoms with Crippen LogP contribution < -0.4 is 20.1 Å². The van der Waals surface area contributed by atoms with Crippen LogP contribution in [0.5, 0.6) is 5.75 Å². The van der Waals surface area contributed by atoms with Gasteiger partial charge in [0, 0.05) is 0 Å². The molecule has 222 valence electrons. The number of rotatable bonds is 11. The third-order valence-electron chi connectivity index (χ3n) is 6.68. The Labute approximate surface area is 230 Å². The number of hydrogen-bond donors (Lipinski definition) is 4. The summed E-state index contributed by atoms with van der Waals surface area (Å²) in [6.07, 6.45) is -3.08. The molecule has 14 heteroatoms. The number of carbonyl (C=O) groups excluding carboxylic acids is 1. The van der Waals surface area contributed by atoms with Gasteiger partial charge in [0.2, 0.25) is 10.0 Å². The SMILES string of the molecule is COc1c(S(=O)(=O)N[C@@H](C)C(F)(F)F)ccc(N[C@@H](O)[C@@H](NC(=O)OCc2ccccc2)C2CCCCC2)c1F. The number of halogens is 4. The van der Waals surface area contributed by atoms with Crippen molar-refractivity contribution in [2.45, 2.75) is 75.0 Å².